The topological polar surface area (TPSA) is 54.3 Å². The van der Waals surface area contributed by atoms with Gasteiger partial charge in [-0.1, -0.05) is 29.8 Å². The van der Waals surface area contributed by atoms with Crippen molar-refractivity contribution < 1.29 is 9.21 Å². The first-order chi connectivity index (χ1) is 9.65. The van der Waals surface area contributed by atoms with Crippen LogP contribution in [0.25, 0.3) is 0 Å². The molecule has 1 atom stereocenters. The van der Waals surface area contributed by atoms with Gasteiger partial charge in [0.1, 0.15) is 5.76 Å². The van der Waals surface area contributed by atoms with Crippen molar-refractivity contribution in [1.82, 2.24) is 10.6 Å². The van der Waals surface area contributed by atoms with Crippen molar-refractivity contribution in [3.63, 3.8) is 0 Å². The fraction of sp³-hybridized carbons (Fsp3) is 0.312. The molecular weight excluding hydrogens is 252 g/mol. The molecule has 1 amide bonds. The lowest BCUT2D eigenvalue weighted by Crippen LogP contribution is -2.41. The van der Waals surface area contributed by atoms with Crippen LogP contribution in [0.15, 0.2) is 47.1 Å². The Morgan fingerprint density at radius 3 is 2.60 bits per heavy atom. The molecule has 1 aromatic heterocycles. The number of aryl methyl sites for hydroxylation is 1. The average molecular weight is 272 g/mol. The number of carbonyl (C=O) groups excluding carboxylic acids is 1. The number of amides is 1. The van der Waals surface area contributed by atoms with E-state index in [1.807, 2.05) is 13.0 Å². The van der Waals surface area contributed by atoms with Gasteiger partial charge in [0, 0.05) is 6.54 Å². The average Bonchev–Trinajstić information content (AvgIpc) is 2.97. The highest BCUT2D eigenvalue weighted by atomic mass is 16.3. The molecule has 20 heavy (non-hydrogen) atoms. The summed E-state index contributed by atoms with van der Waals surface area (Å²) in [5.41, 5.74) is 2.40. The fourth-order valence-corrected chi connectivity index (χ4v) is 1.81. The molecule has 0 fully saturated rings. The van der Waals surface area contributed by atoms with E-state index in [0.717, 1.165) is 5.76 Å². The minimum atomic E-state index is -0.244. The summed E-state index contributed by atoms with van der Waals surface area (Å²) in [7, 11) is 0. The number of carbonyl (C=O) groups is 1. The highest BCUT2D eigenvalue weighted by Gasteiger charge is 2.12. The predicted molar refractivity (Wildman–Crippen MR) is 78.0 cm³/mol. The third kappa shape index (κ3) is 4.24. The Hall–Kier alpha value is -2.07. The third-order valence-corrected chi connectivity index (χ3v) is 3.14. The van der Waals surface area contributed by atoms with E-state index in [1.165, 1.54) is 11.1 Å². The maximum atomic E-state index is 11.9. The highest BCUT2D eigenvalue weighted by Crippen LogP contribution is 2.03. The molecular formula is C16H20N2O2. The van der Waals surface area contributed by atoms with Crippen LogP contribution < -0.4 is 10.6 Å². The Labute approximate surface area is 119 Å². The zero-order valence-electron chi connectivity index (χ0n) is 11.8. The summed E-state index contributed by atoms with van der Waals surface area (Å²) in [6.45, 7) is 5.01. The van der Waals surface area contributed by atoms with Gasteiger partial charge in [0.2, 0.25) is 5.91 Å². The summed E-state index contributed by atoms with van der Waals surface area (Å²) in [6.07, 6.45) is 1.60. The van der Waals surface area contributed by atoms with Gasteiger partial charge >= 0.3 is 0 Å². The zero-order valence-corrected chi connectivity index (χ0v) is 11.8. The SMILES string of the molecule is Cc1ccc(CNC(C)C(=O)NCc2ccco2)cc1. The Morgan fingerprint density at radius 1 is 1.20 bits per heavy atom. The van der Waals surface area contributed by atoms with Crippen LogP contribution in [0.1, 0.15) is 23.8 Å². The predicted octanol–water partition coefficient (Wildman–Crippen LogP) is 2.38. The first kappa shape index (κ1) is 14.3. The number of rotatable bonds is 6. The summed E-state index contributed by atoms with van der Waals surface area (Å²) in [6, 6.07) is 11.7. The van der Waals surface area contributed by atoms with Crippen LogP contribution in [0.3, 0.4) is 0 Å². The molecule has 1 heterocycles. The van der Waals surface area contributed by atoms with Crippen molar-refractivity contribution in [2.75, 3.05) is 0 Å². The highest BCUT2D eigenvalue weighted by molar-refractivity contribution is 5.81. The van der Waals surface area contributed by atoms with Gasteiger partial charge in [-0.2, -0.15) is 0 Å². The summed E-state index contributed by atoms with van der Waals surface area (Å²) < 4.78 is 5.17. The molecule has 1 aromatic carbocycles. The van der Waals surface area contributed by atoms with E-state index in [4.69, 9.17) is 4.42 Å². The summed E-state index contributed by atoms with van der Waals surface area (Å²) >= 11 is 0. The number of hydrogen-bond acceptors (Lipinski definition) is 3. The molecule has 106 valence electrons. The van der Waals surface area contributed by atoms with Crippen molar-refractivity contribution >= 4 is 5.91 Å². The molecule has 0 aliphatic rings. The van der Waals surface area contributed by atoms with E-state index in [9.17, 15) is 4.79 Å². The first-order valence-electron chi connectivity index (χ1n) is 6.74. The van der Waals surface area contributed by atoms with Gasteiger partial charge in [-0.05, 0) is 31.5 Å². The number of furan rings is 1. The lowest BCUT2D eigenvalue weighted by atomic mass is 10.1. The molecule has 0 spiro atoms. The largest absolute Gasteiger partial charge is 0.467 e. The molecule has 0 saturated heterocycles. The minimum absolute atomic E-state index is 0.0338. The van der Waals surface area contributed by atoms with E-state index < -0.39 is 0 Å². The van der Waals surface area contributed by atoms with E-state index >= 15 is 0 Å². The van der Waals surface area contributed by atoms with Crippen LogP contribution in [0.4, 0.5) is 0 Å². The van der Waals surface area contributed by atoms with Gasteiger partial charge in [-0.25, -0.2) is 0 Å². The molecule has 0 bridgehead atoms. The summed E-state index contributed by atoms with van der Waals surface area (Å²) in [5, 5.41) is 6.04. The maximum absolute atomic E-state index is 11.9. The zero-order chi connectivity index (χ0) is 14.4. The van der Waals surface area contributed by atoms with Crippen molar-refractivity contribution in [2.24, 2.45) is 0 Å². The lowest BCUT2D eigenvalue weighted by molar-refractivity contribution is -0.123. The summed E-state index contributed by atoms with van der Waals surface area (Å²) in [4.78, 5) is 11.9. The molecule has 2 N–H and O–H groups in total. The Kier molecular flexibility index (Phi) is 4.96. The molecule has 2 rings (SSSR count). The van der Waals surface area contributed by atoms with Crippen LogP contribution >= 0.6 is 0 Å². The van der Waals surface area contributed by atoms with Gasteiger partial charge in [0.25, 0.3) is 0 Å². The van der Waals surface area contributed by atoms with E-state index in [1.54, 1.807) is 12.3 Å². The molecule has 0 aliphatic heterocycles. The monoisotopic (exact) mass is 272 g/mol. The first-order valence-corrected chi connectivity index (χ1v) is 6.74. The van der Waals surface area contributed by atoms with Crippen molar-refractivity contribution in [3.05, 3.63) is 59.5 Å². The molecule has 0 aliphatic carbocycles. The second-order valence-electron chi connectivity index (χ2n) is 4.89. The van der Waals surface area contributed by atoms with Gasteiger partial charge in [-0.15, -0.1) is 0 Å². The van der Waals surface area contributed by atoms with Crippen LogP contribution in [0.2, 0.25) is 0 Å². The molecule has 4 heteroatoms. The third-order valence-electron chi connectivity index (χ3n) is 3.14. The second kappa shape index (κ2) is 6.91. The molecule has 4 nitrogen and oxygen atoms in total. The number of hydrogen-bond donors (Lipinski definition) is 2. The van der Waals surface area contributed by atoms with E-state index in [0.29, 0.717) is 13.1 Å². The standard InChI is InChI=1S/C16H20N2O2/c1-12-5-7-14(8-6-12)10-17-13(2)16(19)18-11-15-4-3-9-20-15/h3-9,13,17H,10-11H2,1-2H3,(H,18,19). The second-order valence-corrected chi connectivity index (χ2v) is 4.89. The van der Waals surface area contributed by atoms with Crippen LogP contribution in [0.5, 0.6) is 0 Å². The Balaban J connectivity index is 1.74. The molecule has 0 radical (unpaired) electrons. The van der Waals surface area contributed by atoms with E-state index in [2.05, 4.69) is 41.8 Å². The fourth-order valence-electron chi connectivity index (χ4n) is 1.81. The minimum Gasteiger partial charge on any atom is -0.467 e. The molecule has 0 saturated carbocycles. The smallest absolute Gasteiger partial charge is 0.237 e. The molecule has 1 unspecified atom stereocenters. The normalized spacial score (nSPS) is 12.1. The lowest BCUT2D eigenvalue weighted by Gasteiger charge is -2.13. The van der Waals surface area contributed by atoms with Crippen molar-refractivity contribution in [1.29, 1.82) is 0 Å². The van der Waals surface area contributed by atoms with Crippen molar-refractivity contribution in [2.45, 2.75) is 33.0 Å². The van der Waals surface area contributed by atoms with Gasteiger partial charge in [-0.3, -0.25) is 4.79 Å². The molecule has 2 aromatic rings. The van der Waals surface area contributed by atoms with Crippen LogP contribution in [-0.4, -0.2) is 11.9 Å². The van der Waals surface area contributed by atoms with Gasteiger partial charge < -0.3 is 15.1 Å². The number of benzene rings is 1. The van der Waals surface area contributed by atoms with E-state index in [-0.39, 0.29) is 11.9 Å². The van der Waals surface area contributed by atoms with Crippen LogP contribution in [-0.2, 0) is 17.9 Å². The van der Waals surface area contributed by atoms with Gasteiger partial charge in [0.05, 0.1) is 18.8 Å². The van der Waals surface area contributed by atoms with Crippen LogP contribution in [0, 0.1) is 6.92 Å². The maximum Gasteiger partial charge on any atom is 0.237 e. The summed E-state index contributed by atoms with van der Waals surface area (Å²) in [5.74, 6) is 0.720. The van der Waals surface area contributed by atoms with Crippen molar-refractivity contribution in [3.8, 4) is 0 Å². The Bertz CT molecular complexity index is 532. The van der Waals surface area contributed by atoms with Gasteiger partial charge in [0.15, 0.2) is 0 Å². The Morgan fingerprint density at radius 2 is 1.95 bits per heavy atom. The quantitative estimate of drug-likeness (QED) is 0.849. The number of nitrogens with one attached hydrogen (secondary N) is 2.